The quantitative estimate of drug-likeness (QED) is 0.313. The van der Waals surface area contributed by atoms with Crippen molar-refractivity contribution in [2.24, 2.45) is 10.4 Å². The summed E-state index contributed by atoms with van der Waals surface area (Å²) in [5, 5.41) is 9.56. The van der Waals surface area contributed by atoms with E-state index >= 15 is 0 Å². The summed E-state index contributed by atoms with van der Waals surface area (Å²) >= 11 is 0. The van der Waals surface area contributed by atoms with E-state index in [0.717, 1.165) is 44.6 Å². The molecule has 1 aromatic rings. The Morgan fingerprint density at radius 1 is 1.13 bits per heavy atom. The number of benzene rings is 1. The van der Waals surface area contributed by atoms with Gasteiger partial charge in [0.05, 0.1) is 32.9 Å². The number of amides is 1. The van der Waals surface area contributed by atoms with Gasteiger partial charge in [-0.25, -0.2) is 0 Å². The lowest BCUT2D eigenvalue weighted by Gasteiger charge is -2.34. The van der Waals surface area contributed by atoms with E-state index in [2.05, 4.69) is 33.0 Å². The molecule has 1 unspecified atom stereocenters. The minimum Gasteiger partial charge on any atom is -0.497 e. The van der Waals surface area contributed by atoms with E-state index in [9.17, 15) is 4.79 Å². The number of carbonyl (C=O) groups is 1. The van der Waals surface area contributed by atoms with Crippen LogP contribution in [0.15, 0.2) is 29.3 Å². The fourth-order valence-electron chi connectivity index (χ4n) is 3.29. The second-order valence-corrected chi connectivity index (χ2v) is 8.59. The maximum Gasteiger partial charge on any atom is 0.225 e. The fraction of sp³-hybridized carbons (Fsp3) is 0.652. The van der Waals surface area contributed by atoms with Crippen LogP contribution in [0.2, 0.25) is 0 Å². The Hall–Kier alpha value is -2.32. The van der Waals surface area contributed by atoms with Crippen LogP contribution in [0.1, 0.15) is 39.3 Å². The second kappa shape index (κ2) is 12.5. The van der Waals surface area contributed by atoms with Crippen LogP contribution in [0.5, 0.6) is 5.75 Å². The zero-order chi connectivity index (χ0) is 22.7. The maximum atomic E-state index is 12.0. The summed E-state index contributed by atoms with van der Waals surface area (Å²) in [6.45, 7) is 13.6. The van der Waals surface area contributed by atoms with Crippen molar-refractivity contribution in [1.29, 1.82) is 0 Å². The molecule has 1 aliphatic heterocycles. The average molecular weight is 434 g/mol. The van der Waals surface area contributed by atoms with Crippen LogP contribution in [0, 0.1) is 5.41 Å². The molecule has 0 bridgehead atoms. The Kier molecular flexibility index (Phi) is 10.1. The average Bonchev–Trinajstić information content (AvgIpc) is 2.77. The number of aliphatic imine (C=N–C) groups is 1. The first kappa shape index (κ1) is 24.9. The number of carbonyl (C=O) groups excluding carboxylic acids is 1. The molecule has 3 N–H and O–H groups in total. The van der Waals surface area contributed by atoms with Gasteiger partial charge in [0.1, 0.15) is 5.75 Å². The number of methoxy groups -OCH3 is 1. The maximum absolute atomic E-state index is 12.0. The first-order valence-electron chi connectivity index (χ1n) is 11.1. The van der Waals surface area contributed by atoms with E-state index in [1.165, 1.54) is 5.56 Å². The molecule has 31 heavy (non-hydrogen) atoms. The second-order valence-electron chi connectivity index (χ2n) is 8.59. The van der Waals surface area contributed by atoms with E-state index in [-0.39, 0.29) is 17.4 Å². The Labute approximate surface area is 186 Å². The molecule has 0 spiro atoms. The van der Waals surface area contributed by atoms with Crippen LogP contribution in [-0.4, -0.2) is 76.4 Å². The van der Waals surface area contributed by atoms with Crippen molar-refractivity contribution in [3.63, 3.8) is 0 Å². The van der Waals surface area contributed by atoms with Crippen molar-refractivity contribution in [3.8, 4) is 5.75 Å². The third-order valence-electron chi connectivity index (χ3n) is 5.14. The lowest BCUT2D eigenvalue weighted by Crippen LogP contribution is -2.44. The molecule has 0 radical (unpaired) electrons. The molecule has 0 aromatic heterocycles. The van der Waals surface area contributed by atoms with Gasteiger partial charge in [-0.2, -0.15) is 0 Å². The molecule has 174 valence electrons. The minimum absolute atomic E-state index is 0.0446. The largest absolute Gasteiger partial charge is 0.497 e. The van der Waals surface area contributed by atoms with Crippen molar-refractivity contribution in [2.45, 2.75) is 33.7 Å². The highest BCUT2D eigenvalue weighted by Gasteiger charge is 2.23. The van der Waals surface area contributed by atoms with Crippen LogP contribution in [-0.2, 0) is 9.53 Å². The summed E-state index contributed by atoms with van der Waals surface area (Å²) in [7, 11) is 1.68. The fourth-order valence-corrected chi connectivity index (χ4v) is 3.29. The number of ether oxygens (including phenoxy) is 2. The summed E-state index contributed by atoms with van der Waals surface area (Å²) < 4.78 is 10.8. The standard InChI is InChI=1S/C23H39N5O3/c1-6-24-22(26-12-11-25-21(29)23(2,3)4)27-17-20(28-13-15-31-16-14-28)18-7-9-19(30-5)10-8-18/h7-10,20H,6,11-17H2,1-5H3,(H,25,29)(H2,24,26,27). The van der Waals surface area contributed by atoms with Gasteiger partial charge >= 0.3 is 0 Å². The molecule has 1 aromatic carbocycles. The molecule has 0 saturated carbocycles. The Morgan fingerprint density at radius 2 is 1.77 bits per heavy atom. The van der Waals surface area contributed by atoms with Crippen molar-refractivity contribution in [1.82, 2.24) is 20.9 Å². The van der Waals surface area contributed by atoms with Gasteiger partial charge in [-0.05, 0) is 24.6 Å². The molecular weight excluding hydrogens is 394 g/mol. The Bertz CT molecular complexity index is 694. The number of guanidine groups is 1. The SMILES string of the molecule is CCNC(=NCC(c1ccc(OC)cc1)N1CCOCC1)NCCNC(=O)C(C)(C)C. The zero-order valence-corrected chi connectivity index (χ0v) is 19.7. The van der Waals surface area contributed by atoms with Gasteiger partial charge in [0.25, 0.3) is 0 Å². The number of morpholine rings is 1. The van der Waals surface area contributed by atoms with Crippen molar-refractivity contribution in [3.05, 3.63) is 29.8 Å². The third kappa shape index (κ3) is 8.38. The lowest BCUT2D eigenvalue weighted by molar-refractivity contribution is -0.128. The van der Waals surface area contributed by atoms with Crippen molar-refractivity contribution >= 4 is 11.9 Å². The van der Waals surface area contributed by atoms with E-state index in [1.807, 2.05) is 39.8 Å². The summed E-state index contributed by atoms with van der Waals surface area (Å²) in [6.07, 6.45) is 0. The van der Waals surface area contributed by atoms with Crippen LogP contribution >= 0.6 is 0 Å². The monoisotopic (exact) mass is 433 g/mol. The molecule has 1 amide bonds. The van der Waals surface area contributed by atoms with Crippen LogP contribution in [0.3, 0.4) is 0 Å². The normalized spacial score (nSPS) is 16.5. The van der Waals surface area contributed by atoms with Crippen molar-refractivity contribution in [2.75, 3.05) is 59.6 Å². The zero-order valence-electron chi connectivity index (χ0n) is 19.7. The lowest BCUT2D eigenvalue weighted by atomic mass is 9.96. The predicted molar refractivity (Wildman–Crippen MR) is 125 cm³/mol. The van der Waals surface area contributed by atoms with Crippen LogP contribution in [0.25, 0.3) is 0 Å². The summed E-state index contributed by atoms with van der Waals surface area (Å²) in [4.78, 5) is 19.3. The highest BCUT2D eigenvalue weighted by atomic mass is 16.5. The Morgan fingerprint density at radius 3 is 2.35 bits per heavy atom. The first-order valence-corrected chi connectivity index (χ1v) is 11.1. The molecule has 1 fully saturated rings. The highest BCUT2D eigenvalue weighted by molar-refractivity contribution is 5.81. The highest BCUT2D eigenvalue weighted by Crippen LogP contribution is 2.24. The van der Waals surface area contributed by atoms with Gasteiger partial charge in [0.2, 0.25) is 5.91 Å². The summed E-state index contributed by atoms with van der Waals surface area (Å²) in [5.74, 6) is 1.64. The third-order valence-corrected chi connectivity index (χ3v) is 5.14. The van der Waals surface area contributed by atoms with E-state index < -0.39 is 0 Å². The minimum atomic E-state index is -0.387. The summed E-state index contributed by atoms with van der Waals surface area (Å²) in [6, 6.07) is 8.36. The van der Waals surface area contributed by atoms with Gasteiger partial charge in [-0.3, -0.25) is 14.7 Å². The van der Waals surface area contributed by atoms with Gasteiger partial charge in [-0.1, -0.05) is 32.9 Å². The molecule has 2 rings (SSSR count). The van der Waals surface area contributed by atoms with Gasteiger partial charge < -0.3 is 25.4 Å². The van der Waals surface area contributed by atoms with E-state index in [1.54, 1.807) is 7.11 Å². The number of nitrogens with zero attached hydrogens (tertiary/aromatic N) is 2. The van der Waals surface area contributed by atoms with Crippen molar-refractivity contribution < 1.29 is 14.3 Å². The molecule has 0 aliphatic carbocycles. The number of hydrogen-bond acceptors (Lipinski definition) is 5. The van der Waals surface area contributed by atoms with Crippen LogP contribution < -0.4 is 20.7 Å². The molecular formula is C23H39N5O3. The van der Waals surface area contributed by atoms with E-state index in [4.69, 9.17) is 14.5 Å². The van der Waals surface area contributed by atoms with Gasteiger partial charge in [0, 0.05) is 38.1 Å². The predicted octanol–water partition coefficient (Wildman–Crippen LogP) is 1.79. The Balaban J connectivity index is 2.02. The molecule has 1 atom stereocenters. The smallest absolute Gasteiger partial charge is 0.225 e. The molecule has 1 aliphatic rings. The first-order chi connectivity index (χ1) is 14.8. The molecule has 1 saturated heterocycles. The van der Waals surface area contributed by atoms with Gasteiger partial charge in [-0.15, -0.1) is 0 Å². The number of hydrogen-bond donors (Lipinski definition) is 3. The molecule has 8 nitrogen and oxygen atoms in total. The van der Waals surface area contributed by atoms with Gasteiger partial charge in [0.15, 0.2) is 5.96 Å². The summed E-state index contributed by atoms with van der Waals surface area (Å²) in [5.41, 5.74) is 0.822. The van der Waals surface area contributed by atoms with E-state index in [0.29, 0.717) is 19.6 Å². The molecule has 1 heterocycles. The number of rotatable bonds is 9. The molecule has 8 heteroatoms. The topological polar surface area (TPSA) is 87.2 Å². The number of nitrogens with one attached hydrogen (secondary N) is 3. The van der Waals surface area contributed by atoms with Crippen LogP contribution in [0.4, 0.5) is 0 Å².